The summed E-state index contributed by atoms with van der Waals surface area (Å²) in [5, 5.41) is 13.2. The Morgan fingerprint density at radius 3 is 2.57 bits per heavy atom. The third-order valence-corrected chi connectivity index (χ3v) is 4.84. The van der Waals surface area contributed by atoms with E-state index in [9.17, 15) is 10.1 Å². The fourth-order valence-electron chi connectivity index (χ4n) is 2.64. The number of aryl methyl sites for hydroxylation is 1. The molecule has 0 aliphatic carbocycles. The summed E-state index contributed by atoms with van der Waals surface area (Å²) in [7, 11) is 0. The highest BCUT2D eigenvalue weighted by atomic mass is 35.5. The predicted molar refractivity (Wildman–Crippen MR) is 121 cm³/mol. The monoisotopic (exact) mass is 436 g/mol. The van der Waals surface area contributed by atoms with Crippen LogP contribution in [0.15, 0.2) is 72.3 Å². The van der Waals surface area contributed by atoms with Crippen molar-refractivity contribution in [1.29, 1.82) is 5.26 Å². The van der Waals surface area contributed by atoms with Crippen molar-refractivity contribution in [3.05, 3.63) is 99.0 Å². The number of hydrogen-bond donors (Lipinski definition) is 1. The van der Waals surface area contributed by atoms with Crippen LogP contribution in [-0.2, 0) is 11.4 Å². The topological polar surface area (TPSA) is 62.1 Å². The number of halogens is 2. The van der Waals surface area contributed by atoms with E-state index < -0.39 is 5.91 Å². The molecule has 4 nitrogen and oxygen atoms in total. The van der Waals surface area contributed by atoms with Crippen LogP contribution in [0.4, 0.5) is 5.69 Å². The van der Waals surface area contributed by atoms with Crippen LogP contribution in [0.2, 0.25) is 10.0 Å². The molecule has 150 valence electrons. The second-order valence-corrected chi connectivity index (χ2v) is 7.43. The number of rotatable bonds is 6. The van der Waals surface area contributed by atoms with E-state index in [1.165, 1.54) is 6.08 Å². The van der Waals surface area contributed by atoms with Crippen LogP contribution in [0.5, 0.6) is 5.75 Å². The molecule has 0 bridgehead atoms. The zero-order chi connectivity index (χ0) is 21.5. The van der Waals surface area contributed by atoms with Crippen molar-refractivity contribution < 1.29 is 9.53 Å². The van der Waals surface area contributed by atoms with Crippen molar-refractivity contribution >= 4 is 40.9 Å². The van der Waals surface area contributed by atoms with Crippen LogP contribution < -0.4 is 10.1 Å². The van der Waals surface area contributed by atoms with Crippen molar-refractivity contribution in [1.82, 2.24) is 0 Å². The molecule has 0 aliphatic rings. The number of carbonyl (C=O) groups excluding carboxylic acids is 1. The Morgan fingerprint density at radius 1 is 1.10 bits per heavy atom. The molecule has 30 heavy (non-hydrogen) atoms. The summed E-state index contributed by atoms with van der Waals surface area (Å²) in [5.41, 5.74) is 3.18. The van der Waals surface area contributed by atoms with Gasteiger partial charge in [-0.3, -0.25) is 4.79 Å². The van der Waals surface area contributed by atoms with Crippen molar-refractivity contribution in [2.24, 2.45) is 0 Å². The third-order valence-electron chi connectivity index (χ3n) is 4.25. The molecule has 1 N–H and O–H groups in total. The molecule has 1 amide bonds. The molecule has 0 atom stereocenters. The molecular weight excluding hydrogens is 419 g/mol. The lowest BCUT2D eigenvalue weighted by atomic mass is 10.1. The maximum Gasteiger partial charge on any atom is 0.266 e. The van der Waals surface area contributed by atoms with Gasteiger partial charge >= 0.3 is 0 Å². The minimum absolute atomic E-state index is 0.00605. The Bertz CT molecular complexity index is 1130. The molecule has 0 aliphatic heterocycles. The van der Waals surface area contributed by atoms with Gasteiger partial charge in [-0.2, -0.15) is 5.26 Å². The van der Waals surface area contributed by atoms with E-state index in [1.54, 1.807) is 54.6 Å². The number of nitrogens with one attached hydrogen (secondary N) is 1. The first-order valence-corrected chi connectivity index (χ1v) is 9.87. The van der Waals surface area contributed by atoms with Gasteiger partial charge < -0.3 is 10.1 Å². The smallest absolute Gasteiger partial charge is 0.266 e. The number of hydrogen-bond acceptors (Lipinski definition) is 3. The van der Waals surface area contributed by atoms with Crippen molar-refractivity contribution in [2.45, 2.75) is 13.5 Å². The van der Waals surface area contributed by atoms with E-state index in [4.69, 9.17) is 27.9 Å². The van der Waals surface area contributed by atoms with Crippen molar-refractivity contribution in [3.8, 4) is 11.8 Å². The van der Waals surface area contributed by atoms with E-state index in [1.807, 2.05) is 25.1 Å². The van der Waals surface area contributed by atoms with Crippen LogP contribution in [0, 0.1) is 18.3 Å². The summed E-state index contributed by atoms with van der Waals surface area (Å²) < 4.78 is 5.80. The molecule has 3 aromatic rings. The van der Waals surface area contributed by atoms with Gasteiger partial charge in [0, 0.05) is 21.3 Å². The predicted octanol–water partition coefficient (Wildman–Crippen LogP) is 6.43. The third kappa shape index (κ3) is 5.87. The second kappa shape index (κ2) is 9.98. The minimum Gasteiger partial charge on any atom is -0.489 e. The number of carbonyl (C=O) groups is 1. The maximum atomic E-state index is 12.4. The summed E-state index contributed by atoms with van der Waals surface area (Å²) in [6.45, 7) is 2.23. The lowest BCUT2D eigenvalue weighted by Gasteiger charge is -2.09. The van der Waals surface area contributed by atoms with Crippen molar-refractivity contribution in [2.75, 3.05) is 5.32 Å². The fraction of sp³-hybridized carbons (Fsp3) is 0.0833. The van der Waals surface area contributed by atoms with Gasteiger partial charge in [-0.05, 0) is 55.0 Å². The number of ether oxygens (including phenoxy) is 1. The summed E-state index contributed by atoms with van der Waals surface area (Å²) in [5.74, 6) is 0.117. The fourth-order valence-corrected chi connectivity index (χ4v) is 3.11. The Hall–Kier alpha value is -3.26. The van der Waals surface area contributed by atoms with Gasteiger partial charge in [-0.1, -0.05) is 59.1 Å². The average Bonchev–Trinajstić information content (AvgIpc) is 2.73. The highest BCUT2D eigenvalue weighted by molar-refractivity contribution is 6.35. The summed E-state index contributed by atoms with van der Waals surface area (Å²) in [6.07, 6.45) is 1.52. The molecule has 6 heteroatoms. The van der Waals surface area contributed by atoms with Crippen LogP contribution in [0.1, 0.15) is 16.7 Å². The molecule has 3 rings (SSSR count). The van der Waals surface area contributed by atoms with Gasteiger partial charge in [0.1, 0.15) is 24.0 Å². The first kappa shape index (κ1) is 21.4. The van der Waals surface area contributed by atoms with E-state index in [0.29, 0.717) is 27.0 Å². The van der Waals surface area contributed by atoms with Crippen LogP contribution in [0.25, 0.3) is 6.08 Å². The number of amides is 1. The summed E-state index contributed by atoms with van der Waals surface area (Å²) >= 11 is 12.1. The molecule has 3 aromatic carbocycles. The van der Waals surface area contributed by atoms with Gasteiger partial charge in [0.05, 0.1) is 0 Å². The zero-order valence-electron chi connectivity index (χ0n) is 16.2. The van der Waals surface area contributed by atoms with Gasteiger partial charge in [-0.25, -0.2) is 0 Å². The lowest BCUT2D eigenvalue weighted by Crippen LogP contribution is -2.13. The molecule has 0 spiro atoms. The molecule has 0 aromatic heterocycles. The number of nitrogens with zero attached hydrogens (tertiary/aromatic N) is 1. The normalized spacial score (nSPS) is 10.9. The minimum atomic E-state index is -0.472. The SMILES string of the molecule is Cc1ccc(NC(=O)/C(C#N)=C\c2cccc(OCc3ccc(Cl)cc3Cl)c2)cc1. The van der Waals surface area contributed by atoms with Gasteiger partial charge in [0.2, 0.25) is 0 Å². The molecule has 0 radical (unpaired) electrons. The lowest BCUT2D eigenvalue weighted by molar-refractivity contribution is -0.112. The van der Waals surface area contributed by atoms with Crippen LogP contribution in [-0.4, -0.2) is 5.91 Å². The van der Waals surface area contributed by atoms with Crippen LogP contribution in [0.3, 0.4) is 0 Å². The van der Waals surface area contributed by atoms with Gasteiger partial charge in [0.15, 0.2) is 0 Å². The van der Waals surface area contributed by atoms with Gasteiger partial charge in [-0.15, -0.1) is 0 Å². The molecule has 0 heterocycles. The highest BCUT2D eigenvalue weighted by Crippen LogP contribution is 2.23. The first-order chi connectivity index (χ1) is 14.4. The zero-order valence-corrected chi connectivity index (χ0v) is 17.7. The molecular formula is C24H18Cl2N2O2. The number of anilines is 1. The maximum absolute atomic E-state index is 12.4. The van der Waals surface area contributed by atoms with Gasteiger partial charge in [0.25, 0.3) is 5.91 Å². The Balaban J connectivity index is 1.71. The summed E-state index contributed by atoms with van der Waals surface area (Å²) in [6, 6.07) is 21.6. The molecule has 0 fully saturated rings. The number of benzene rings is 3. The van der Waals surface area contributed by atoms with E-state index >= 15 is 0 Å². The summed E-state index contributed by atoms with van der Waals surface area (Å²) in [4.78, 5) is 12.4. The van der Waals surface area contributed by atoms with E-state index in [-0.39, 0.29) is 12.2 Å². The quantitative estimate of drug-likeness (QED) is 0.357. The van der Waals surface area contributed by atoms with E-state index in [2.05, 4.69) is 5.32 Å². The Morgan fingerprint density at radius 2 is 1.87 bits per heavy atom. The molecule has 0 unspecified atom stereocenters. The van der Waals surface area contributed by atoms with E-state index in [0.717, 1.165) is 11.1 Å². The van der Waals surface area contributed by atoms with Crippen molar-refractivity contribution in [3.63, 3.8) is 0 Å². The first-order valence-electron chi connectivity index (χ1n) is 9.11. The largest absolute Gasteiger partial charge is 0.489 e. The Kier molecular flexibility index (Phi) is 7.13. The standard InChI is InChI=1S/C24H18Cl2N2O2/c1-16-5-9-21(10-6-16)28-24(29)19(14-27)11-17-3-2-4-22(12-17)30-15-18-7-8-20(25)13-23(18)26/h2-13H,15H2,1H3,(H,28,29)/b19-11-. The van der Waals surface area contributed by atoms with Crippen LogP contribution >= 0.6 is 23.2 Å². The average molecular weight is 437 g/mol. The molecule has 0 saturated carbocycles. The Labute approximate surface area is 185 Å². The number of nitriles is 1. The second-order valence-electron chi connectivity index (χ2n) is 6.59. The molecule has 0 saturated heterocycles. The highest BCUT2D eigenvalue weighted by Gasteiger charge is 2.10.